The van der Waals surface area contributed by atoms with Crippen molar-refractivity contribution in [3.63, 3.8) is 0 Å². The molecule has 0 spiro atoms. The molecule has 1 aliphatic heterocycles. The first-order valence-corrected chi connectivity index (χ1v) is 8.97. The SMILES string of the molecule is CCCc1ccc(N2CC(C(=O)NCc3ccc(C(=O)O)o3)CC2=O)cc1. The van der Waals surface area contributed by atoms with E-state index in [1.54, 1.807) is 4.90 Å². The molecule has 1 unspecified atom stereocenters. The van der Waals surface area contributed by atoms with Gasteiger partial charge in [-0.25, -0.2) is 4.79 Å². The predicted molar refractivity (Wildman–Crippen MR) is 98.4 cm³/mol. The highest BCUT2D eigenvalue weighted by molar-refractivity contribution is 6.00. The minimum absolute atomic E-state index is 0.0791. The number of furan rings is 1. The second-order valence-electron chi connectivity index (χ2n) is 6.61. The predicted octanol–water partition coefficient (Wildman–Crippen LogP) is 2.60. The van der Waals surface area contributed by atoms with Crippen LogP contribution < -0.4 is 10.2 Å². The van der Waals surface area contributed by atoms with Crippen LogP contribution in [0.1, 0.15) is 41.6 Å². The Morgan fingerprint density at radius 2 is 1.96 bits per heavy atom. The van der Waals surface area contributed by atoms with E-state index >= 15 is 0 Å². The Balaban J connectivity index is 1.57. The summed E-state index contributed by atoms with van der Waals surface area (Å²) in [7, 11) is 0. The molecule has 7 heteroatoms. The van der Waals surface area contributed by atoms with Gasteiger partial charge in [-0.3, -0.25) is 9.59 Å². The zero-order valence-electron chi connectivity index (χ0n) is 15.1. The van der Waals surface area contributed by atoms with Crippen molar-refractivity contribution in [2.45, 2.75) is 32.7 Å². The molecule has 2 N–H and O–H groups in total. The smallest absolute Gasteiger partial charge is 0.371 e. The normalized spacial score (nSPS) is 16.6. The first-order valence-electron chi connectivity index (χ1n) is 8.97. The van der Waals surface area contributed by atoms with Crippen molar-refractivity contribution in [3.05, 3.63) is 53.5 Å². The third-order valence-corrected chi connectivity index (χ3v) is 4.59. The molecule has 2 amide bonds. The van der Waals surface area contributed by atoms with Crippen LogP contribution in [0.25, 0.3) is 0 Å². The van der Waals surface area contributed by atoms with E-state index in [1.165, 1.54) is 17.7 Å². The van der Waals surface area contributed by atoms with Gasteiger partial charge in [0.25, 0.3) is 0 Å². The Labute approximate surface area is 157 Å². The highest BCUT2D eigenvalue weighted by atomic mass is 16.4. The molecule has 1 saturated heterocycles. The van der Waals surface area contributed by atoms with E-state index in [2.05, 4.69) is 12.2 Å². The molecule has 0 aliphatic carbocycles. The van der Waals surface area contributed by atoms with E-state index < -0.39 is 11.9 Å². The number of carboxylic acids is 1. The van der Waals surface area contributed by atoms with Gasteiger partial charge in [-0.1, -0.05) is 25.5 Å². The molecule has 1 fully saturated rings. The largest absolute Gasteiger partial charge is 0.475 e. The summed E-state index contributed by atoms with van der Waals surface area (Å²) in [6.07, 6.45) is 2.21. The summed E-state index contributed by atoms with van der Waals surface area (Å²) < 4.78 is 5.11. The van der Waals surface area contributed by atoms with Crippen LogP contribution in [0, 0.1) is 5.92 Å². The van der Waals surface area contributed by atoms with Gasteiger partial charge in [0.05, 0.1) is 12.5 Å². The third-order valence-electron chi connectivity index (χ3n) is 4.59. The van der Waals surface area contributed by atoms with Gasteiger partial charge in [0, 0.05) is 18.7 Å². The lowest BCUT2D eigenvalue weighted by Crippen LogP contribution is -2.32. The molecular weight excluding hydrogens is 348 g/mol. The minimum Gasteiger partial charge on any atom is -0.475 e. The van der Waals surface area contributed by atoms with Crippen molar-refractivity contribution in [1.82, 2.24) is 5.32 Å². The number of nitrogens with one attached hydrogen (secondary N) is 1. The van der Waals surface area contributed by atoms with Crippen LogP contribution in [0.15, 0.2) is 40.8 Å². The number of hydrogen-bond acceptors (Lipinski definition) is 4. The van der Waals surface area contributed by atoms with Crippen molar-refractivity contribution in [2.24, 2.45) is 5.92 Å². The zero-order chi connectivity index (χ0) is 19.4. The molecule has 1 atom stereocenters. The van der Waals surface area contributed by atoms with Crippen molar-refractivity contribution in [1.29, 1.82) is 0 Å². The summed E-state index contributed by atoms with van der Waals surface area (Å²) in [4.78, 5) is 37.1. The molecule has 3 rings (SSSR count). The molecule has 1 aromatic heterocycles. The lowest BCUT2D eigenvalue weighted by molar-refractivity contribution is -0.126. The number of aromatic carboxylic acids is 1. The average Bonchev–Trinajstić information content (AvgIpc) is 3.28. The number of carbonyl (C=O) groups is 3. The third kappa shape index (κ3) is 4.36. The standard InChI is InChI=1S/C20H22N2O5/c1-2-3-13-4-6-15(7-5-13)22-12-14(10-18(22)23)19(24)21-11-16-8-9-17(27-16)20(25)26/h4-9,14H,2-3,10-12H2,1H3,(H,21,24)(H,25,26). The summed E-state index contributed by atoms with van der Waals surface area (Å²) >= 11 is 0. The Bertz CT molecular complexity index is 840. The fraction of sp³-hybridized carbons (Fsp3) is 0.350. The van der Waals surface area contributed by atoms with Gasteiger partial charge < -0.3 is 19.7 Å². The Kier molecular flexibility index (Phi) is 5.59. The van der Waals surface area contributed by atoms with E-state index in [0.29, 0.717) is 12.3 Å². The summed E-state index contributed by atoms with van der Waals surface area (Å²) in [5.74, 6) is -1.75. The van der Waals surface area contributed by atoms with Gasteiger partial charge in [0.2, 0.25) is 17.6 Å². The van der Waals surface area contributed by atoms with Crippen LogP contribution in [0.5, 0.6) is 0 Å². The molecule has 7 nitrogen and oxygen atoms in total. The maximum absolute atomic E-state index is 12.4. The highest BCUT2D eigenvalue weighted by Crippen LogP contribution is 2.26. The lowest BCUT2D eigenvalue weighted by Gasteiger charge is -2.17. The monoisotopic (exact) mass is 370 g/mol. The molecular formula is C20H22N2O5. The Morgan fingerprint density at radius 3 is 2.59 bits per heavy atom. The van der Waals surface area contributed by atoms with Gasteiger partial charge in [0.1, 0.15) is 5.76 Å². The van der Waals surface area contributed by atoms with Gasteiger partial charge in [0.15, 0.2) is 0 Å². The van der Waals surface area contributed by atoms with Crippen LogP contribution >= 0.6 is 0 Å². The number of benzene rings is 1. The number of anilines is 1. The van der Waals surface area contributed by atoms with Crippen molar-refractivity contribution in [2.75, 3.05) is 11.4 Å². The summed E-state index contributed by atoms with van der Waals surface area (Å²) in [6, 6.07) is 10.7. The fourth-order valence-electron chi connectivity index (χ4n) is 3.17. The second kappa shape index (κ2) is 8.07. The number of rotatable bonds is 7. The second-order valence-corrected chi connectivity index (χ2v) is 6.61. The highest BCUT2D eigenvalue weighted by Gasteiger charge is 2.35. The first-order chi connectivity index (χ1) is 13.0. The van der Waals surface area contributed by atoms with Crippen LogP contribution in [0.2, 0.25) is 0 Å². The van der Waals surface area contributed by atoms with E-state index in [9.17, 15) is 14.4 Å². The topological polar surface area (TPSA) is 99.8 Å². The van der Waals surface area contributed by atoms with E-state index in [0.717, 1.165) is 18.5 Å². The molecule has 0 bridgehead atoms. The summed E-state index contributed by atoms with van der Waals surface area (Å²) in [6.45, 7) is 2.53. The maximum Gasteiger partial charge on any atom is 0.371 e. The van der Waals surface area contributed by atoms with Crippen molar-refractivity contribution < 1.29 is 23.9 Å². The Hall–Kier alpha value is -3.09. The molecule has 0 radical (unpaired) electrons. The minimum atomic E-state index is -1.16. The van der Waals surface area contributed by atoms with E-state index in [4.69, 9.17) is 9.52 Å². The lowest BCUT2D eigenvalue weighted by atomic mass is 10.1. The van der Waals surface area contributed by atoms with Crippen LogP contribution in [0.4, 0.5) is 5.69 Å². The fourth-order valence-corrected chi connectivity index (χ4v) is 3.17. The van der Waals surface area contributed by atoms with E-state index in [1.807, 2.05) is 24.3 Å². The number of aryl methyl sites for hydroxylation is 1. The number of amides is 2. The molecule has 0 saturated carbocycles. The molecule has 2 heterocycles. The van der Waals surface area contributed by atoms with Crippen molar-refractivity contribution in [3.8, 4) is 0 Å². The molecule has 1 aromatic carbocycles. The van der Waals surface area contributed by atoms with Crippen LogP contribution in [-0.4, -0.2) is 29.4 Å². The molecule has 142 valence electrons. The summed E-state index contributed by atoms with van der Waals surface area (Å²) in [5, 5.41) is 11.5. The summed E-state index contributed by atoms with van der Waals surface area (Å²) in [5.41, 5.74) is 2.02. The van der Waals surface area contributed by atoms with Crippen LogP contribution in [0.3, 0.4) is 0 Å². The Morgan fingerprint density at radius 1 is 1.22 bits per heavy atom. The van der Waals surface area contributed by atoms with Gasteiger partial charge >= 0.3 is 5.97 Å². The number of carboxylic acid groups (broad SMARTS) is 1. The maximum atomic E-state index is 12.4. The van der Waals surface area contributed by atoms with Gasteiger partial charge in [-0.15, -0.1) is 0 Å². The molecule has 2 aromatic rings. The van der Waals surface area contributed by atoms with Gasteiger partial charge in [-0.2, -0.15) is 0 Å². The zero-order valence-corrected chi connectivity index (χ0v) is 15.1. The van der Waals surface area contributed by atoms with Crippen LogP contribution in [-0.2, 0) is 22.6 Å². The molecule has 1 aliphatic rings. The quantitative estimate of drug-likeness (QED) is 0.780. The first kappa shape index (κ1) is 18.7. The number of nitrogens with zero attached hydrogens (tertiary/aromatic N) is 1. The van der Waals surface area contributed by atoms with E-state index in [-0.39, 0.29) is 30.5 Å². The average molecular weight is 370 g/mol. The number of hydrogen-bond donors (Lipinski definition) is 2. The number of carbonyl (C=O) groups excluding carboxylic acids is 2. The molecule has 27 heavy (non-hydrogen) atoms. The van der Waals surface area contributed by atoms with Crippen molar-refractivity contribution >= 4 is 23.5 Å². The van der Waals surface area contributed by atoms with Gasteiger partial charge in [-0.05, 0) is 36.2 Å².